The third-order valence-corrected chi connectivity index (χ3v) is 6.14. The summed E-state index contributed by atoms with van der Waals surface area (Å²) in [7, 11) is 0. The van der Waals surface area contributed by atoms with E-state index in [9.17, 15) is 24.0 Å². The molecule has 5 amide bonds. The first-order chi connectivity index (χ1) is 14.5. The Balaban J connectivity index is 1.39. The average Bonchev–Trinajstić information content (AvgIpc) is 3.04. The summed E-state index contributed by atoms with van der Waals surface area (Å²) < 4.78 is 5.07. The van der Waals surface area contributed by atoms with Gasteiger partial charge in [-0.1, -0.05) is 32.9 Å². The fourth-order valence-electron chi connectivity index (χ4n) is 5.32. The Kier molecular flexibility index (Phi) is 4.87. The molecule has 31 heavy (non-hydrogen) atoms. The Morgan fingerprint density at radius 2 is 1.68 bits per heavy atom. The van der Waals surface area contributed by atoms with Crippen LogP contribution in [0.25, 0.3) is 0 Å². The highest BCUT2D eigenvalue weighted by Crippen LogP contribution is 2.46. The maximum absolute atomic E-state index is 13.1. The summed E-state index contributed by atoms with van der Waals surface area (Å²) in [6.45, 7) is 5.00. The molecule has 9 heteroatoms. The maximum Gasteiger partial charge on any atom is 0.328 e. The lowest BCUT2D eigenvalue weighted by molar-refractivity contribution is -0.150. The minimum absolute atomic E-state index is 0.122. The molecule has 1 aromatic rings. The second kappa shape index (κ2) is 7.18. The fraction of sp³-hybridized carbons (Fsp3) is 0.500. The van der Waals surface area contributed by atoms with Gasteiger partial charge in [-0.2, -0.15) is 0 Å². The molecular weight excluding hydrogens is 402 g/mol. The van der Waals surface area contributed by atoms with E-state index in [4.69, 9.17) is 4.74 Å². The van der Waals surface area contributed by atoms with Crippen LogP contribution in [0.15, 0.2) is 24.3 Å². The number of carbonyl (C=O) groups is 5. The van der Waals surface area contributed by atoms with E-state index in [0.717, 1.165) is 16.2 Å². The maximum atomic E-state index is 13.1. The van der Waals surface area contributed by atoms with Gasteiger partial charge in [0.2, 0.25) is 0 Å². The molecule has 2 heterocycles. The summed E-state index contributed by atoms with van der Waals surface area (Å²) in [6.07, 6.45) is 1.96. The number of nitrogens with zero attached hydrogens (tertiary/aromatic N) is 2. The molecular formula is C22H25N3O6. The lowest BCUT2D eigenvalue weighted by atomic mass is 9.64. The molecule has 3 aliphatic rings. The van der Waals surface area contributed by atoms with Crippen molar-refractivity contribution in [3.8, 4) is 0 Å². The summed E-state index contributed by atoms with van der Waals surface area (Å²) in [5.74, 6) is -2.18. The number of carbonyl (C=O) groups excluding carboxylic acids is 5. The van der Waals surface area contributed by atoms with Gasteiger partial charge in [-0.05, 0) is 42.7 Å². The van der Waals surface area contributed by atoms with Gasteiger partial charge in [0.1, 0.15) is 12.1 Å². The second-order valence-electron chi connectivity index (χ2n) is 9.49. The van der Waals surface area contributed by atoms with Crippen LogP contribution in [0.4, 0.5) is 4.79 Å². The van der Waals surface area contributed by atoms with Gasteiger partial charge in [-0.15, -0.1) is 0 Å². The van der Waals surface area contributed by atoms with Gasteiger partial charge in [0.05, 0.1) is 11.1 Å². The van der Waals surface area contributed by atoms with Crippen LogP contribution in [0.2, 0.25) is 0 Å². The predicted molar refractivity (Wildman–Crippen MR) is 108 cm³/mol. The fourth-order valence-corrected chi connectivity index (χ4v) is 5.32. The first kappa shape index (κ1) is 21.0. The molecule has 0 radical (unpaired) electrons. The van der Waals surface area contributed by atoms with Crippen molar-refractivity contribution in [2.24, 2.45) is 11.3 Å². The molecule has 1 aromatic carbocycles. The lowest BCUT2D eigenvalue weighted by Gasteiger charge is -2.43. The van der Waals surface area contributed by atoms with Crippen LogP contribution >= 0.6 is 0 Å². The van der Waals surface area contributed by atoms with Crippen LogP contribution in [0.5, 0.6) is 0 Å². The SMILES string of the molecule is CC1CC(C)(C)CC2(C1)NC(=O)N(CC(=O)OCN1C(=O)c3ccccc3C1=O)C2=O. The van der Waals surface area contributed by atoms with Crippen LogP contribution in [0.1, 0.15) is 60.7 Å². The average molecular weight is 427 g/mol. The number of fused-ring (bicyclic) bond motifs is 1. The third-order valence-electron chi connectivity index (χ3n) is 6.14. The largest absolute Gasteiger partial charge is 0.442 e. The molecule has 1 N–H and O–H groups in total. The number of hydrogen-bond acceptors (Lipinski definition) is 6. The van der Waals surface area contributed by atoms with Crippen molar-refractivity contribution in [3.05, 3.63) is 35.4 Å². The molecule has 4 rings (SSSR count). The molecule has 2 unspecified atom stereocenters. The molecule has 1 saturated carbocycles. The molecule has 2 atom stereocenters. The molecule has 0 bridgehead atoms. The Bertz CT molecular complexity index is 968. The highest BCUT2D eigenvalue weighted by molar-refractivity contribution is 6.21. The van der Waals surface area contributed by atoms with E-state index in [2.05, 4.69) is 19.2 Å². The van der Waals surface area contributed by atoms with E-state index in [-0.39, 0.29) is 22.5 Å². The molecule has 9 nitrogen and oxygen atoms in total. The number of rotatable bonds is 4. The first-order valence-electron chi connectivity index (χ1n) is 10.3. The van der Waals surface area contributed by atoms with Crippen LogP contribution in [-0.4, -0.2) is 58.3 Å². The Labute approximate surface area is 179 Å². The zero-order valence-corrected chi connectivity index (χ0v) is 17.8. The van der Waals surface area contributed by atoms with E-state index in [1.54, 1.807) is 12.1 Å². The van der Waals surface area contributed by atoms with Crippen molar-refractivity contribution in [2.45, 2.75) is 45.6 Å². The van der Waals surface area contributed by atoms with E-state index in [1.165, 1.54) is 12.1 Å². The quantitative estimate of drug-likeness (QED) is 0.446. The van der Waals surface area contributed by atoms with Gasteiger partial charge in [-0.3, -0.25) is 24.1 Å². The van der Waals surface area contributed by atoms with Gasteiger partial charge in [0, 0.05) is 0 Å². The molecule has 1 spiro atoms. The standard InChI is InChI=1S/C22H25N3O6/c1-13-8-21(2,3)11-22(9-13)19(29)24(20(30)23-22)10-16(26)31-12-25-17(27)14-6-4-5-7-15(14)18(25)28/h4-7,13H,8-12H2,1-3H3,(H,23,30). The molecule has 2 aliphatic heterocycles. The lowest BCUT2D eigenvalue weighted by Crippen LogP contribution is -2.54. The number of urea groups is 1. The minimum atomic E-state index is -1.01. The van der Waals surface area contributed by atoms with Gasteiger partial charge in [0.25, 0.3) is 17.7 Å². The topological polar surface area (TPSA) is 113 Å². The van der Waals surface area contributed by atoms with Crippen LogP contribution in [0.3, 0.4) is 0 Å². The molecule has 2 fully saturated rings. The highest BCUT2D eigenvalue weighted by Gasteiger charge is 2.56. The Hall–Kier alpha value is -3.23. The van der Waals surface area contributed by atoms with Gasteiger partial charge < -0.3 is 10.1 Å². The number of benzene rings is 1. The highest BCUT2D eigenvalue weighted by atomic mass is 16.5. The monoisotopic (exact) mass is 427 g/mol. The summed E-state index contributed by atoms with van der Waals surface area (Å²) in [4.78, 5) is 64.3. The summed E-state index contributed by atoms with van der Waals surface area (Å²) in [6, 6.07) is 5.70. The second-order valence-corrected chi connectivity index (χ2v) is 9.49. The van der Waals surface area contributed by atoms with Gasteiger partial charge >= 0.3 is 12.0 Å². The third kappa shape index (κ3) is 3.58. The Morgan fingerprint density at radius 1 is 1.06 bits per heavy atom. The Morgan fingerprint density at radius 3 is 2.26 bits per heavy atom. The van der Waals surface area contributed by atoms with Gasteiger partial charge in [0.15, 0.2) is 6.73 Å². The van der Waals surface area contributed by atoms with Crippen LogP contribution in [-0.2, 0) is 14.3 Å². The number of ether oxygens (including phenoxy) is 1. The summed E-state index contributed by atoms with van der Waals surface area (Å²) in [5.41, 5.74) is -0.647. The van der Waals surface area contributed by atoms with Crippen molar-refractivity contribution in [1.82, 2.24) is 15.1 Å². The zero-order chi connectivity index (χ0) is 22.6. The van der Waals surface area contributed by atoms with Crippen molar-refractivity contribution in [3.63, 3.8) is 0 Å². The zero-order valence-electron chi connectivity index (χ0n) is 17.8. The number of nitrogens with one attached hydrogen (secondary N) is 1. The van der Waals surface area contributed by atoms with Crippen molar-refractivity contribution in [2.75, 3.05) is 13.3 Å². The van der Waals surface area contributed by atoms with Crippen molar-refractivity contribution >= 4 is 29.7 Å². The van der Waals surface area contributed by atoms with Gasteiger partial charge in [-0.25, -0.2) is 9.69 Å². The minimum Gasteiger partial charge on any atom is -0.442 e. The molecule has 1 saturated heterocycles. The van der Waals surface area contributed by atoms with E-state index in [1.807, 2.05) is 6.92 Å². The van der Waals surface area contributed by atoms with E-state index < -0.39 is 48.5 Å². The summed E-state index contributed by atoms with van der Waals surface area (Å²) >= 11 is 0. The summed E-state index contributed by atoms with van der Waals surface area (Å²) in [5, 5.41) is 2.79. The number of hydrogen-bond donors (Lipinski definition) is 1. The number of esters is 1. The number of amides is 5. The van der Waals surface area contributed by atoms with Crippen molar-refractivity contribution < 1.29 is 28.7 Å². The molecule has 1 aliphatic carbocycles. The first-order valence-corrected chi connectivity index (χ1v) is 10.3. The number of imide groups is 2. The molecule has 164 valence electrons. The van der Waals surface area contributed by atoms with Crippen LogP contribution < -0.4 is 5.32 Å². The predicted octanol–water partition coefficient (Wildman–Crippen LogP) is 1.92. The van der Waals surface area contributed by atoms with Crippen molar-refractivity contribution in [1.29, 1.82) is 0 Å². The smallest absolute Gasteiger partial charge is 0.328 e. The molecule has 0 aromatic heterocycles. The normalized spacial score (nSPS) is 27.0. The van der Waals surface area contributed by atoms with Crippen LogP contribution in [0, 0.1) is 11.3 Å². The van der Waals surface area contributed by atoms with E-state index in [0.29, 0.717) is 12.8 Å². The van der Waals surface area contributed by atoms with E-state index >= 15 is 0 Å².